The molecule has 5 aliphatic carbocycles. The first-order chi connectivity index (χ1) is 24.7. The zero-order valence-corrected chi connectivity index (χ0v) is 31.2. The molecule has 9 nitrogen and oxygen atoms in total. The van der Waals surface area contributed by atoms with Crippen molar-refractivity contribution in [2.45, 2.75) is 136 Å². The van der Waals surface area contributed by atoms with Crippen molar-refractivity contribution in [1.29, 1.82) is 0 Å². The maximum atomic E-state index is 13.5. The zero-order valence-electron chi connectivity index (χ0n) is 31.2. The summed E-state index contributed by atoms with van der Waals surface area (Å²) < 4.78 is 0. The molecule has 7 aliphatic rings. The van der Waals surface area contributed by atoms with E-state index < -0.39 is 0 Å². The summed E-state index contributed by atoms with van der Waals surface area (Å²) in [6.45, 7) is 15.0. The van der Waals surface area contributed by atoms with Crippen LogP contribution in [0.5, 0.6) is 0 Å². The van der Waals surface area contributed by atoms with Gasteiger partial charge in [0.15, 0.2) is 0 Å². The van der Waals surface area contributed by atoms with Crippen LogP contribution in [0.1, 0.15) is 130 Å². The number of nitrogens with one attached hydrogen (secondary N) is 2. The summed E-state index contributed by atoms with van der Waals surface area (Å²) in [6, 6.07) is 5.18. The van der Waals surface area contributed by atoms with E-state index in [2.05, 4.69) is 60.2 Å². The minimum Gasteiger partial charge on any atom is -0.295 e. The van der Waals surface area contributed by atoms with Crippen molar-refractivity contribution < 1.29 is 14.8 Å². The molecule has 6 atom stereocenters. The molecule has 1 amide bonds. The van der Waals surface area contributed by atoms with E-state index in [1.807, 2.05) is 0 Å². The van der Waals surface area contributed by atoms with Crippen LogP contribution in [0.2, 0.25) is 0 Å². The van der Waals surface area contributed by atoms with Gasteiger partial charge in [0.25, 0.3) is 5.91 Å². The second-order valence-electron chi connectivity index (χ2n) is 17.6. The molecular weight excluding hydrogens is 637 g/mol. The fraction of sp³-hybridized carbons (Fsp3) is 0.690. The van der Waals surface area contributed by atoms with Gasteiger partial charge in [0.2, 0.25) is 0 Å². The van der Waals surface area contributed by atoms with Crippen LogP contribution in [0, 0.1) is 35.0 Å². The van der Waals surface area contributed by atoms with Crippen LogP contribution in [0.3, 0.4) is 0 Å². The van der Waals surface area contributed by atoms with E-state index in [0.29, 0.717) is 34.7 Å². The normalized spacial score (nSPS) is 34.5. The molecule has 9 rings (SSSR count). The molecule has 0 radical (unpaired) electrons. The molecule has 5 saturated carbocycles. The van der Waals surface area contributed by atoms with Gasteiger partial charge in [0.05, 0.1) is 17.4 Å². The fourth-order valence-electron chi connectivity index (χ4n) is 11.8. The smallest absolute Gasteiger partial charge is 0.276 e. The van der Waals surface area contributed by atoms with Gasteiger partial charge in [-0.05, 0) is 122 Å². The molecule has 4 heterocycles. The Labute approximate surface area is 304 Å². The summed E-state index contributed by atoms with van der Waals surface area (Å²) in [5, 5.41) is 9.34. The van der Waals surface area contributed by atoms with Crippen molar-refractivity contribution >= 4 is 11.6 Å². The molecule has 0 spiro atoms. The van der Waals surface area contributed by atoms with E-state index in [-0.39, 0.29) is 12.0 Å². The molecule has 2 aliphatic heterocycles. The number of nitrogens with zero attached hydrogens (tertiary/aromatic N) is 4. The minimum atomic E-state index is -0.187. The van der Waals surface area contributed by atoms with Crippen LogP contribution in [-0.4, -0.2) is 62.2 Å². The molecule has 51 heavy (non-hydrogen) atoms. The first-order valence-electron chi connectivity index (χ1n) is 20.2. The fourth-order valence-corrected chi connectivity index (χ4v) is 11.8. The first kappa shape index (κ1) is 35.2. The maximum Gasteiger partial charge on any atom is 0.276 e. The molecule has 2 aromatic rings. The van der Waals surface area contributed by atoms with E-state index in [0.717, 1.165) is 105 Å². The van der Waals surface area contributed by atoms with Crippen LogP contribution in [0.4, 0.5) is 0 Å². The van der Waals surface area contributed by atoms with Crippen molar-refractivity contribution in [3.8, 4) is 0 Å². The summed E-state index contributed by atoms with van der Waals surface area (Å²) in [5.74, 6) is 4.04. The van der Waals surface area contributed by atoms with Gasteiger partial charge >= 0.3 is 0 Å². The van der Waals surface area contributed by atoms with Crippen molar-refractivity contribution in [2.24, 2.45) is 35.0 Å². The van der Waals surface area contributed by atoms with Crippen molar-refractivity contribution in [2.75, 3.05) is 13.1 Å². The summed E-state index contributed by atoms with van der Waals surface area (Å²) in [4.78, 5) is 34.6. The highest BCUT2D eigenvalue weighted by Crippen LogP contribution is 2.62. The van der Waals surface area contributed by atoms with Gasteiger partial charge in [-0.1, -0.05) is 33.8 Å². The topological polar surface area (TPSA) is 103 Å². The monoisotopic (exact) mass is 696 g/mol. The molecule has 0 aromatic carbocycles. The standard InChI is InChI=1S/C42H60N6O3/c1-5-36-15-39-34(13-32(20-43-39)27(4)45-50)23-47(36)22-28-8-7-9-38(12-28)51-46-41(49)33-14-35-24-48(37(6-2)16-40(35)44-21-33)25-42-17-29-10-30(18-42)26(3)31(11-29)19-42/h13-14,20-21,26,28-31,36-38,45,50H,4-12,15-19,22-25H2,1-3H3,(H,46,49)/t26?,28?,29?,30?,31?,36-,37+,38?,42?/m1/s1. The maximum absolute atomic E-state index is 13.5. The van der Waals surface area contributed by atoms with Gasteiger partial charge in [-0.25, -0.2) is 5.48 Å². The largest absolute Gasteiger partial charge is 0.295 e. The third-order valence-corrected chi connectivity index (χ3v) is 14.4. The lowest BCUT2D eigenvalue weighted by atomic mass is 9.46. The summed E-state index contributed by atoms with van der Waals surface area (Å²) in [6.07, 6.45) is 19.1. The Balaban J connectivity index is 0.869. The minimum absolute atomic E-state index is 0.00599. The van der Waals surface area contributed by atoms with Crippen molar-refractivity contribution in [3.05, 3.63) is 64.7 Å². The average Bonchev–Trinajstić information content (AvgIpc) is 3.14. The molecule has 3 N–H and O–H groups in total. The Morgan fingerprint density at radius 1 is 0.941 bits per heavy atom. The van der Waals surface area contributed by atoms with Gasteiger partial charge < -0.3 is 0 Å². The lowest BCUT2D eigenvalue weighted by Gasteiger charge is -2.61. The first-order valence-corrected chi connectivity index (χ1v) is 20.2. The molecule has 9 heteroatoms. The Bertz CT molecular complexity index is 1600. The van der Waals surface area contributed by atoms with E-state index in [9.17, 15) is 10.0 Å². The Hall–Kier alpha value is -2.85. The van der Waals surface area contributed by atoms with Crippen LogP contribution in [-0.2, 0) is 30.8 Å². The Kier molecular flexibility index (Phi) is 10.0. The number of rotatable bonds is 11. The van der Waals surface area contributed by atoms with E-state index in [1.54, 1.807) is 12.4 Å². The lowest BCUT2D eigenvalue weighted by molar-refractivity contribution is -0.107. The lowest BCUT2D eigenvalue weighted by Crippen LogP contribution is -2.56. The predicted molar refractivity (Wildman–Crippen MR) is 198 cm³/mol. The molecule has 276 valence electrons. The van der Waals surface area contributed by atoms with Gasteiger partial charge in [-0.15, -0.1) is 0 Å². The number of hydrogen-bond acceptors (Lipinski definition) is 8. The molecule has 4 bridgehead atoms. The zero-order chi connectivity index (χ0) is 35.3. The van der Waals surface area contributed by atoms with Gasteiger partial charge in [0, 0.05) is 80.4 Å². The quantitative estimate of drug-likeness (QED) is 0.214. The number of carbonyl (C=O) groups is 1. The predicted octanol–water partition coefficient (Wildman–Crippen LogP) is 7.08. The average molecular weight is 697 g/mol. The summed E-state index contributed by atoms with van der Waals surface area (Å²) in [7, 11) is 0. The van der Waals surface area contributed by atoms with Crippen LogP contribution < -0.4 is 11.0 Å². The highest BCUT2D eigenvalue weighted by atomic mass is 16.7. The van der Waals surface area contributed by atoms with Gasteiger partial charge in [-0.3, -0.25) is 40.1 Å². The highest BCUT2D eigenvalue weighted by molar-refractivity contribution is 5.93. The molecule has 2 aromatic heterocycles. The van der Waals surface area contributed by atoms with Crippen LogP contribution in [0.15, 0.2) is 31.1 Å². The summed E-state index contributed by atoms with van der Waals surface area (Å²) in [5.41, 5.74) is 12.1. The second kappa shape index (κ2) is 14.5. The van der Waals surface area contributed by atoms with Crippen molar-refractivity contribution in [3.63, 3.8) is 0 Å². The molecular formula is C42H60N6O3. The summed E-state index contributed by atoms with van der Waals surface area (Å²) >= 11 is 0. The Morgan fingerprint density at radius 3 is 2.27 bits per heavy atom. The molecule has 5 fully saturated rings. The SMILES string of the molecule is C=C(NO)c1cnc2c(c1)CN(CC1CCCC(ONC(=O)c3cnc4c(c3)CN(CC35CC6CC(C3)C(C)C(C6)C5)[C@@H](CC)C4)C1)[C@H](CC)C2. The number of fused-ring (bicyclic) bond motifs is 2. The number of pyridine rings is 2. The third-order valence-electron chi connectivity index (χ3n) is 14.4. The molecule has 0 saturated heterocycles. The number of hydroxylamine groups is 2. The van der Waals surface area contributed by atoms with Crippen LogP contribution >= 0.6 is 0 Å². The number of carbonyl (C=O) groups excluding carboxylic acids is 1. The molecule has 4 unspecified atom stereocenters. The highest BCUT2D eigenvalue weighted by Gasteiger charge is 2.54. The van der Waals surface area contributed by atoms with E-state index in [1.165, 1.54) is 56.2 Å². The Morgan fingerprint density at radius 2 is 1.59 bits per heavy atom. The number of amides is 1. The van der Waals surface area contributed by atoms with Crippen LogP contribution in [0.25, 0.3) is 5.70 Å². The van der Waals surface area contributed by atoms with E-state index >= 15 is 0 Å². The van der Waals surface area contributed by atoms with Crippen molar-refractivity contribution in [1.82, 2.24) is 30.7 Å². The number of hydrogen-bond donors (Lipinski definition) is 3. The van der Waals surface area contributed by atoms with Gasteiger partial charge in [-0.2, -0.15) is 0 Å². The second-order valence-corrected chi connectivity index (χ2v) is 17.6. The van der Waals surface area contributed by atoms with Gasteiger partial charge in [0.1, 0.15) is 0 Å². The van der Waals surface area contributed by atoms with E-state index in [4.69, 9.17) is 14.8 Å². The number of aromatic nitrogens is 2. The third kappa shape index (κ3) is 7.12.